The molecule has 2 atom stereocenters. The molecule has 2 aromatic carbocycles. The second-order valence-electron chi connectivity index (χ2n) is 9.86. The van der Waals surface area contributed by atoms with Gasteiger partial charge in [-0.3, -0.25) is 9.59 Å². The Balaban J connectivity index is 1.31. The van der Waals surface area contributed by atoms with E-state index in [-0.39, 0.29) is 37.4 Å². The van der Waals surface area contributed by atoms with Crippen molar-refractivity contribution < 1.29 is 33.8 Å². The minimum atomic E-state index is -0.871. The Kier molecular flexibility index (Phi) is 8.83. The summed E-state index contributed by atoms with van der Waals surface area (Å²) in [5, 5.41) is 14.2. The van der Waals surface area contributed by atoms with Crippen LogP contribution in [0.4, 0.5) is 0 Å². The third-order valence-electron chi connectivity index (χ3n) is 6.64. The van der Waals surface area contributed by atoms with Crippen LogP contribution in [0.15, 0.2) is 42.5 Å². The van der Waals surface area contributed by atoms with Crippen LogP contribution in [0.25, 0.3) is 0 Å². The van der Waals surface area contributed by atoms with Crippen LogP contribution in [-0.4, -0.2) is 55.4 Å². The van der Waals surface area contributed by atoms with E-state index in [9.17, 15) is 14.7 Å². The molecular weight excluding hydrogens is 460 g/mol. The standard InChI is InChI=1S/C28H36N2O6/c1-19(2)36-22-11-8-20(9-12-22)24(31)6-5-7-27(32)29-23(17-30-14-3-4-15-30)28(33)21-10-13-25-26(16-21)35-18-34-25/h8-13,16,19,23,28,33H,3-7,14-15,17-18H2,1-2H3,(H,29,32)/p+1/t23-,28-/m1/s1. The second kappa shape index (κ2) is 12.2. The summed E-state index contributed by atoms with van der Waals surface area (Å²) in [7, 11) is 0. The van der Waals surface area contributed by atoms with Gasteiger partial charge in [0.1, 0.15) is 24.4 Å². The van der Waals surface area contributed by atoms with E-state index in [2.05, 4.69) is 5.32 Å². The van der Waals surface area contributed by atoms with Crippen molar-refractivity contribution in [2.24, 2.45) is 0 Å². The molecule has 8 heteroatoms. The number of benzene rings is 2. The van der Waals surface area contributed by atoms with Gasteiger partial charge in [0.2, 0.25) is 12.7 Å². The van der Waals surface area contributed by atoms with Gasteiger partial charge in [-0.1, -0.05) is 6.07 Å². The van der Waals surface area contributed by atoms with E-state index in [0.717, 1.165) is 31.7 Å². The van der Waals surface area contributed by atoms with Gasteiger partial charge >= 0.3 is 0 Å². The number of carbonyl (C=O) groups is 2. The van der Waals surface area contributed by atoms with Crippen molar-refractivity contribution in [1.29, 1.82) is 0 Å². The molecule has 1 amide bonds. The number of hydrogen-bond donors (Lipinski definition) is 3. The smallest absolute Gasteiger partial charge is 0.231 e. The van der Waals surface area contributed by atoms with Crippen LogP contribution in [-0.2, 0) is 4.79 Å². The van der Waals surface area contributed by atoms with Crippen molar-refractivity contribution in [3.63, 3.8) is 0 Å². The lowest BCUT2D eigenvalue weighted by Crippen LogP contribution is -3.11. The molecule has 36 heavy (non-hydrogen) atoms. The summed E-state index contributed by atoms with van der Waals surface area (Å²) in [5.41, 5.74) is 1.29. The van der Waals surface area contributed by atoms with Crippen LogP contribution in [0, 0.1) is 0 Å². The molecule has 0 unspecified atom stereocenters. The number of carbonyl (C=O) groups excluding carboxylic acids is 2. The number of nitrogens with one attached hydrogen (secondary N) is 2. The molecule has 0 bridgehead atoms. The molecule has 0 aliphatic carbocycles. The van der Waals surface area contributed by atoms with E-state index in [1.807, 2.05) is 19.9 Å². The molecule has 3 N–H and O–H groups in total. The van der Waals surface area contributed by atoms with Crippen LogP contribution in [0.3, 0.4) is 0 Å². The number of hydrogen-bond acceptors (Lipinski definition) is 6. The van der Waals surface area contributed by atoms with Crippen molar-refractivity contribution in [2.75, 3.05) is 26.4 Å². The van der Waals surface area contributed by atoms with Crippen LogP contribution < -0.4 is 24.4 Å². The number of ether oxygens (including phenoxy) is 3. The monoisotopic (exact) mass is 497 g/mol. The van der Waals surface area contributed by atoms with Gasteiger partial charge in [-0.05, 0) is 62.2 Å². The topological polar surface area (TPSA) is 98.5 Å². The molecular formula is C28H37N2O6+. The fraction of sp³-hybridized carbons (Fsp3) is 0.500. The maximum absolute atomic E-state index is 12.8. The van der Waals surface area contributed by atoms with Gasteiger partial charge in [0, 0.05) is 31.2 Å². The van der Waals surface area contributed by atoms with Gasteiger partial charge in [0.05, 0.1) is 19.2 Å². The van der Waals surface area contributed by atoms with Gasteiger partial charge in [0.25, 0.3) is 0 Å². The summed E-state index contributed by atoms with van der Waals surface area (Å²) in [6.45, 7) is 6.79. The van der Waals surface area contributed by atoms with Gasteiger partial charge in [-0.15, -0.1) is 0 Å². The highest BCUT2D eigenvalue weighted by Crippen LogP contribution is 2.34. The average Bonchev–Trinajstić information content (AvgIpc) is 3.54. The van der Waals surface area contributed by atoms with Gasteiger partial charge in [-0.2, -0.15) is 0 Å². The normalized spacial score (nSPS) is 16.7. The molecule has 0 aromatic heterocycles. The van der Waals surface area contributed by atoms with E-state index in [0.29, 0.717) is 35.6 Å². The lowest BCUT2D eigenvalue weighted by Gasteiger charge is -2.27. The molecule has 2 aromatic rings. The largest absolute Gasteiger partial charge is 0.491 e. The molecule has 194 valence electrons. The van der Waals surface area contributed by atoms with E-state index >= 15 is 0 Å². The summed E-state index contributed by atoms with van der Waals surface area (Å²) in [6, 6.07) is 12.1. The zero-order valence-corrected chi connectivity index (χ0v) is 21.1. The lowest BCUT2D eigenvalue weighted by atomic mass is 10.0. The third-order valence-corrected chi connectivity index (χ3v) is 6.64. The maximum atomic E-state index is 12.8. The summed E-state index contributed by atoms with van der Waals surface area (Å²) < 4.78 is 16.4. The van der Waals surface area contributed by atoms with Crippen LogP contribution in [0.5, 0.6) is 17.2 Å². The minimum Gasteiger partial charge on any atom is -0.491 e. The first-order valence-electron chi connectivity index (χ1n) is 12.9. The lowest BCUT2D eigenvalue weighted by molar-refractivity contribution is -0.889. The Hall–Kier alpha value is -3.10. The number of ketones is 1. The van der Waals surface area contributed by atoms with E-state index in [1.54, 1.807) is 36.4 Å². The first-order chi connectivity index (χ1) is 17.4. The summed E-state index contributed by atoms with van der Waals surface area (Å²) in [5.74, 6) is 1.83. The SMILES string of the molecule is CC(C)Oc1ccc(C(=O)CCCC(=O)N[C@H](C[NH+]2CCCC2)[C@H](O)c2ccc3c(c2)OCO3)cc1. The molecule has 2 aliphatic rings. The third kappa shape index (κ3) is 6.98. The number of Topliss-reactive ketones (excluding diaryl/α,β-unsaturated/α-hetero) is 1. The maximum Gasteiger partial charge on any atom is 0.231 e. The summed E-state index contributed by atoms with van der Waals surface area (Å²) >= 11 is 0. The van der Waals surface area contributed by atoms with Crippen LogP contribution >= 0.6 is 0 Å². The highest BCUT2D eigenvalue weighted by molar-refractivity contribution is 5.96. The highest BCUT2D eigenvalue weighted by Gasteiger charge is 2.30. The van der Waals surface area contributed by atoms with Gasteiger partial charge in [-0.25, -0.2) is 0 Å². The van der Waals surface area contributed by atoms with E-state index < -0.39 is 12.1 Å². The van der Waals surface area contributed by atoms with Crippen LogP contribution in [0.1, 0.15) is 68.0 Å². The summed E-state index contributed by atoms with van der Waals surface area (Å²) in [6.07, 6.45) is 2.46. The molecule has 1 saturated heterocycles. The molecule has 0 radical (unpaired) electrons. The van der Waals surface area contributed by atoms with Gasteiger partial charge in [0.15, 0.2) is 17.3 Å². The average molecular weight is 498 g/mol. The minimum absolute atomic E-state index is 0.00245. The Bertz CT molecular complexity index is 1030. The van der Waals surface area contributed by atoms with Crippen molar-refractivity contribution >= 4 is 11.7 Å². The highest BCUT2D eigenvalue weighted by atomic mass is 16.7. The number of rotatable bonds is 12. The molecule has 0 saturated carbocycles. The van der Waals surface area contributed by atoms with Gasteiger partial charge < -0.3 is 29.5 Å². The Labute approximate surface area is 212 Å². The molecule has 0 spiro atoms. The number of aliphatic hydroxyl groups excluding tert-OH is 1. The van der Waals surface area contributed by atoms with E-state index in [4.69, 9.17) is 14.2 Å². The molecule has 2 aliphatic heterocycles. The van der Waals surface area contributed by atoms with E-state index in [1.165, 1.54) is 4.90 Å². The number of quaternary nitrogens is 1. The Morgan fingerprint density at radius 3 is 2.47 bits per heavy atom. The number of aliphatic hydroxyl groups is 1. The van der Waals surface area contributed by atoms with Crippen molar-refractivity contribution in [3.05, 3.63) is 53.6 Å². The van der Waals surface area contributed by atoms with Crippen LogP contribution in [0.2, 0.25) is 0 Å². The second-order valence-corrected chi connectivity index (χ2v) is 9.86. The predicted molar refractivity (Wildman–Crippen MR) is 135 cm³/mol. The fourth-order valence-corrected chi connectivity index (χ4v) is 4.79. The quantitative estimate of drug-likeness (QED) is 0.390. The predicted octanol–water partition coefficient (Wildman–Crippen LogP) is 2.45. The van der Waals surface area contributed by atoms with Crippen molar-refractivity contribution in [2.45, 2.75) is 64.2 Å². The molecule has 1 fully saturated rings. The zero-order chi connectivity index (χ0) is 25.5. The first kappa shape index (κ1) is 26.0. The molecule has 8 nitrogen and oxygen atoms in total. The number of fused-ring (bicyclic) bond motifs is 1. The Morgan fingerprint density at radius 1 is 1.03 bits per heavy atom. The number of amides is 1. The number of likely N-dealkylation sites (tertiary alicyclic amines) is 1. The fourth-order valence-electron chi connectivity index (χ4n) is 4.79. The molecule has 4 rings (SSSR count). The molecule has 2 heterocycles. The summed E-state index contributed by atoms with van der Waals surface area (Å²) in [4.78, 5) is 26.7. The first-order valence-corrected chi connectivity index (χ1v) is 12.9. The Morgan fingerprint density at radius 2 is 1.75 bits per heavy atom. The van der Waals surface area contributed by atoms with Crippen molar-refractivity contribution in [3.8, 4) is 17.2 Å². The zero-order valence-electron chi connectivity index (χ0n) is 21.1. The van der Waals surface area contributed by atoms with Crippen molar-refractivity contribution in [1.82, 2.24) is 5.32 Å².